The average molecular weight is 282 g/mol. The van der Waals surface area contributed by atoms with Crippen molar-refractivity contribution in [3.63, 3.8) is 0 Å². The van der Waals surface area contributed by atoms with E-state index in [-0.39, 0.29) is 6.61 Å². The summed E-state index contributed by atoms with van der Waals surface area (Å²) >= 11 is 6.21. The number of hydrogen-bond donors (Lipinski definition) is 1. The van der Waals surface area contributed by atoms with Gasteiger partial charge in [-0.2, -0.15) is 0 Å². The minimum atomic E-state index is -0.0102. The first-order valence-electron chi connectivity index (χ1n) is 7.08. The molecule has 4 heteroatoms. The Morgan fingerprint density at radius 2 is 2.16 bits per heavy atom. The lowest BCUT2D eigenvalue weighted by Gasteiger charge is -2.45. The summed E-state index contributed by atoms with van der Waals surface area (Å²) in [4.78, 5) is 2.39. The molecule has 0 bridgehead atoms. The second kappa shape index (κ2) is 5.70. The van der Waals surface area contributed by atoms with Gasteiger partial charge < -0.3 is 14.7 Å². The molecule has 2 atom stereocenters. The second-order valence-corrected chi connectivity index (χ2v) is 5.76. The largest absolute Gasteiger partial charge is 0.392 e. The Labute approximate surface area is 119 Å². The highest BCUT2D eigenvalue weighted by Gasteiger charge is 2.35. The van der Waals surface area contributed by atoms with E-state index in [1.54, 1.807) is 0 Å². The first-order chi connectivity index (χ1) is 9.31. The number of benzene rings is 1. The lowest BCUT2D eigenvalue weighted by molar-refractivity contribution is -0.00880. The van der Waals surface area contributed by atoms with Gasteiger partial charge in [0.25, 0.3) is 0 Å². The number of aliphatic hydroxyl groups excluding tert-OH is 1. The monoisotopic (exact) mass is 281 g/mol. The third-order valence-electron chi connectivity index (χ3n) is 4.29. The van der Waals surface area contributed by atoms with E-state index in [2.05, 4.69) is 11.0 Å². The molecule has 1 heterocycles. The summed E-state index contributed by atoms with van der Waals surface area (Å²) in [6.07, 6.45) is 5.18. The molecule has 2 unspecified atom stereocenters. The van der Waals surface area contributed by atoms with Gasteiger partial charge in [-0.25, -0.2) is 0 Å². The maximum absolute atomic E-state index is 9.58. The Bertz CT molecular complexity index is 450. The van der Waals surface area contributed by atoms with Crippen LogP contribution in [0.4, 0.5) is 5.69 Å². The van der Waals surface area contributed by atoms with E-state index in [9.17, 15) is 5.11 Å². The summed E-state index contributed by atoms with van der Waals surface area (Å²) in [5.74, 6) is 0. The topological polar surface area (TPSA) is 32.7 Å². The van der Waals surface area contributed by atoms with Crippen molar-refractivity contribution in [1.82, 2.24) is 0 Å². The minimum absolute atomic E-state index is 0.0102. The van der Waals surface area contributed by atoms with E-state index in [1.165, 1.54) is 19.3 Å². The van der Waals surface area contributed by atoms with E-state index < -0.39 is 0 Å². The maximum atomic E-state index is 9.58. The smallest absolute Gasteiger partial charge is 0.0779 e. The number of morpholine rings is 1. The van der Waals surface area contributed by atoms with E-state index in [1.807, 2.05) is 12.1 Å². The number of halogens is 1. The van der Waals surface area contributed by atoms with Crippen molar-refractivity contribution in [2.75, 3.05) is 18.1 Å². The van der Waals surface area contributed by atoms with E-state index >= 15 is 0 Å². The predicted octanol–water partition coefficient (Wildman–Crippen LogP) is 2.98. The van der Waals surface area contributed by atoms with Crippen LogP contribution in [0.1, 0.15) is 31.2 Å². The van der Waals surface area contributed by atoms with Crippen LogP contribution in [-0.2, 0) is 11.3 Å². The van der Waals surface area contributed by atoms with Crippen molar-refractivity contribution in [1.29, 1.82) is 0 Å². The zero-order valence-electron chi connectivity index (χ0n) is 11.0. The van der Waals surface area contributed by atoms with Crippen LogP contribution in [0.5, 0.6) is 0 Å². The number of nitrogens with zero attached hydrogens (tertiary/aromatic N) is 1. The van der Waals surface area contributed by atoms with E-state index in [4.69, 9.17) is 16.3 Å². The van der Waals surface area contributed by atoms with Crippen molar-refractivity contribution >= 4 is 17.3 Å². The fraction of sp³-hybridized carbons (Fsp3) is 0.600. The van der Waals surface area contributed by atoms with Crippen molar-refractivity contribution < 1.29 is 9.84 Å². The van der Waals surface area contributed by atoms with Crippen molar-refractivity contribution in [2.45, 2.75) is 44.4 Å². The van der Waals surface area contributed by atoms with Crippen molar-refractivity contribution in [2.24, 2.45) is 0 Å². The van der Waals surface area contributed by atoms with Crippen LogP contribution in [0.2, 0.25) is 5.02 Å². The van der Waals surface area contributed by atoms with Crippen LogP contribution in [0, 0.1) is 0 Å². The molecule has 1 aliphatic heterocycles. The van der Waals surface area contributed by atoms with Gasteiger partial charge >= 0.3 is 0 Å². The molecule has 19 heavy (non-hydrogen) atoms. The second-order valence-electron chi connectivity index (χ2n) is 5.35. The van der Waals surface area contributed by atoms with Gasteiger partial charge in [-0.05, 0) is 25.0 Å². The summed E-state index contributed by atoms with van der Waals surface area (Å²) in [5, 5.41) is 10.2. The molecular formula is C15H20ClNO2. The highest BCUT2D eigenvalue weighted by Crippen LogP contribution is 2.35. The van der Waals surface area contributed by atoms with Crippen LogP contribution in [0.15, 0.2) is 18.2 Å². The highest BCUT2D eigenvalue weighted by molar-refractivity contribution is 6.31. The van der Waals surface area contributed by atoms with Crippen molar-refractivity contribution in [3.8, 4) is 0 Å². The number of hydrogen-bond acceptors (Lipinski definition) is 3. The lowest BCUT2D eigenvalue weighted by Crippen LogP contribution is -2.53. The molecule has 3 rings (SSSR count). The number of rotatable bonds is 2. The van der Waals surface area contributed by atoms with Gasteiger partial charge in [-0.3, -0.25) is 0 Å². The van der Waals surface area contributed by atoms with Gasteiger partial charge in [0, 0.05) is 22.8 Å². The molecule has 1 aromatic rings. The van der Waals surface area contributed by atoms with Gasteiger partial charge in [0.15, 0.2) is 0 Å². The molecule has 1 saturated heterocycles. The summed E-state index contributed by atoms with van der Waals surface area (Å²) in [7, 11) is 0. The predicted molar refractivity (Wildman–Crippen MR) is 76.7 cm³/mol. The highest BCUT2D eigenvalue weighted by atomic mass is 35.5. The number of fused-ring (bicyclic) bond motifs is 1. The fourth-order valence-corrected chi connectivity index (χ4v) is 3.60. The van der Waals surface area contributed by atoms with Crippen LogP contribution < -0.4 is 4.90 Å². The summed E-state index contributed by atoms with van der Waals surface area (Å²) < 4.78 is 5.90. The van der Waals surface area contributed by atoms with Crippen LogP contribution >= 0.6 is 11.6 Å². The Hall–Kier alpha value is -0.770. The first kappa shape index (κ1) is 13.2. The van der Waals surface area contributed by atoms with E-state index in [0.717, 1.165) is 30.8 Å². The van der Waals surface area contributed by atoms with Gasteiger partial charge in [-0.15, -0.1) is 0 Å². The molecule has 2 fully saturated rings. The third kappa shape index (κ3) is 2.47. The summed E-state index contributed by atoms with van der Waals surface area (Å²) in [6.45, 7) is 1.64. The molecular weight excluding hydrogens is 262 g/mol. The Morgan fingerprint density at radius 1 is 1.32 bits per heavy atom. The molecule has 1 aliphatic carbocycles. The Balaban J connectivity index is 1.94. The van der Waals surface area contributed by atoms with Gasteiger partial charge in [0.2, 0.25) is 0 Å². The molecule has 0 aromatic heterocycles. The first-order valence-corrected chi connectivity index (χ1v) is 7.45. The molecule has 104 valence electrons. The third-order valence-corrected chi connectivity index (χ3v) is 4.65. The maximum Gasteiger partial charge on any atom is 0.0779 e. The number of ether oxygens (including phenoxy) is 1. The minimum Gasteiger partial charge on any atom is -0.392 e. The molecule has 1 saturated carbocycles. The molecule has 1 N–H and O–H groups in total. The quantitative estimate of drug-likeness (QED) is 0.905. The molecule has 0 amide bonds. The molecule has 1 aromatic carbocycles. The zero-order chi connectivity index (χ0) is 13.2. The Kier molecular flexibility index (Phi) is 3.96. The SMILES string of the molecule is OCc1c(Cl)cccc1N1CCOC2CCCCC21. The van der Waals surface area contributed by atoms with Crippen LogP contribution in [0.25, 0.3) is 0 Å². The Morgan fingerprint density at radius 3 is 3.00 bits per heavy atom. The summed E-state index contributed by atoms with van der Waals surface area (Å²) in [5.41, 5.74) is 1.92. The fourth-order valence-electron chi connectivity index (χ4n) is 3.37. The summed E-state index contributed by atoms with van der Waals surface area (Å²) in [6, 6.07) is 6.31. The molecule has 0 spiro atoms. The number of anilines is 1. The van der Waals surface area contributed by atoms with Gasteiger partial charge in [0.1, 0.15) is 0 Å². The average Bonchev–Trinajstić information content (AvgIpc) is 2.46. The molecule has 0 radical (unpaired) electrons. The zero-order valence-corrected chi connectivity index (χ0v) is 11.8. The van der Waals surface area contributed by atoms with Crippen molar-refractivity contribution in [3.05, 3.63) is 28.8 Å². The van der Waals surface area contributed by atoms with Crippen LogP contribution in [0.3, 0.4) is 0 Å². The standard InChI is InChI=1S/C15H20ClNO2/c16-12-4-3-6-13(11(12)10-18)17-8-9-19-15-7-2-1-5-14(15)17/h3-4,6,14-15,18H,1-2,5,7-10H2. The van der Waals surface area contributed by atoms with E-state index in [0.29, 0.717) is 17.2 Å². The van der Waals surface area contributed by atoms with Gasteiger partial charge in [-0.1, -0.05) is 30.5 Å². The number of aliphatic hydroxyl groups is 1. The van der Waals surface area contributed by atoms with Crippen LogP contribution in [-0.4, -0.2) is 30.4 Å². The lowest BCUT2D eigenvalue weighted by atomic mass is 9.89. The normalized spacial score (nSPS) is 27.2. The molecule has 2 aliphatic rings. The molecule has 3 nitrogen and oxygen atoms in total. The van der Waals surface area contributed by atoms with Gasteiger partial charge in [0.05, 0.1) is 25.4 Å².